The average Bonchev–Trinajstić information content (AvgIpc) is 1.94. The molecular formula is C10H23NSSi. The summed E-state index contributed by atoms with van der Waals surface area (Å²) in [5.74, 6) is 0. The number of rotatable bonds is 6. The molecule has 0 spiro atoms. The topological polar surface area (TPSA) is 12.4 Å². The van der Waals surface area contributed by atoms with Crippen LogP contribution < -0.4 is 0 Å². The van der Waals surface area contributed by atoms with E-state index < -0.39 is 7.22 Å². The van der Waals surface area contributed by atoms with Gasteiger partial charge in [0.15, 0.2) is 0 Å². The highest BCUT2D eigenvalue weighted by atomic mass is 32.4. The smallest absolute Gasteiger partial charge is 0.108 e. The largest absolute Gasteiger partial charge is 0.296 e. The van der Waals surface area contributed by atoms with E-state index in [0.717, 1.165) is 13.0 Å². The Kier molecular flexibility index (Phi) is 6.78. The van der Waals surface area contributed by atoms with Gasteiger partial charge in [-0.15, -0.1) is 0 Å². The zero-order valence-corrected chi connectivity index (χ0v) is 11.4. The summed E-state index contributed by atoms with van der Waals surface area (Å²) in [5.41, 5.74) is 0. The van der Waals surface area contributed by atoms with Crippen LogP contribution >= 0.6 is 11.2 Å². The van der Waals surface area contributed by atoms with Crippen LogP contribution in [0.25, 0.3) is 0 Å². The molecule has 1 unspecified atom stereocenters. The first-order valence-electron chi connectivity index (χ1n) is 5.12. The van der Waals surface area contributed by atoms with Crippen molar-refractivity contribution >= 4 is 24.6 Å². The van der Waals surface area contributed by atoms with Crippen LogP contribution in [0.5, 0.6) is 0 Å². The van der Waals surface area contributed by atoms with E-state index in [9.17, 15) is 0 Å². The van der Waals surface area contributed by atoms with Crippen molar-refractivity contribution in [2.45, 2.75) is 51.6 Å². The third-order valence-corrected chi connectivity index (χ3v) is 6.05. The van der Waals surface area contributed by atoms with Gasteiger partial charge in [0.1, 0.15) is 7.22 Å². The maximum absolute atomic E-state index is 4.42. The third kappa shape index (κ3) is 10.2. The Balaban J connectivity index is 3.57. The van der Waals surface area contributed by atoms with Gasteiger partial charge in [0.25, 0.3) is 0 Å². The minimum atomic E-state index is -0.946. The van der Waals surface area contributed by atoms with E-state index in [1.54, 1.807) is 0 Å². The summed E-state index contributed by atoms with van der Waals surface area (Å²) in [7, 11) is -0.946. The molecule has 0 radical (unpaired) electrons. The molecule has 0 bridgehead atoms. The molecule has 3 heteroatoms. The van der Waals surface area contributed by atoms with E-state index in [1.165, 1.54) is 6.42 Å². The number of nitrogens with zero attached hydrogens (tertiary/aromatic N) is 1. The lowest BCUT2D eigenvalue weighted by atomic mass is 10.4. The zero-order chi connectivity index (χ0) is 10.3. The summed E-state index contributed by atoms with van der Waals surface area (Å²) in [6, 6.07) is 0. The van der Waals surface area contributed by atoms with Crippen molar-refractivity contribution in [1.29, 1.82) is 0 Å². The van der Waals surface area contributed by atoms with Crippen LogP contribution in [-0.2, 0) is 0 Å². The normalized spacial score (nSPS) is 15.2. The van der Waals surface area contributed by atoms with E-state index >= 15 is 0 Å². The van der Waals surface area contributed by atoms with Gasteiger partial charge in [-0.2, -0.15) is 11.2 Å². The fourth-order valence-corrected chi connectivity index (χ4v) is 6.30. The SMILES string of the molecule is CCC/C=N/CC(C)S[Si](C)(C)C. The summed E-state index contributed by atoms with van der Waals surface area (Å²) in [5, 5.41) is 0.694. The first-order valence-corrected chi connectivity index (χ1v) is 10.2. The van der Waals surface area contributed by atoms with Gasteiger partial charge in [-0.1, -0.05) is 39.9 Å². The van der Waals surface area contributed by atoms with Crippen LogP contribution in [0.15, 0.2) is 4.99 Å². The summed E-state index contributed by atoms with van der Waals surface area (Å²) < 4.78 is 0. The Labute approximate surface area is 88.1 Å². The number of hydrogen-bond acceptors (Lipinski definition) is 2. The Morgan fingerprint density at radius 2 is 2.00 bits per heavy atom. The minimum Gasteiger partial charge on any atom is -0.296 e. The highest BCUT2D eigenvalue weighted by Crippen LogP contribution is 2.24. The van der Waals surface area contributed by atoms with Crippen LogP contribution in [0.2, 0.25) is 19.6 Å². The molecule has 0 N–H and O–H groups in total. The van der Waals surface area contributed by atoms with E-state index in [0.29, 0.717) is 5.25 Å². The molecule has 78 valence electrons. The Morgan fingerprint density at radius 1 is 1.38 bits per heavy atom. The number of unbranched alkanes of at least 4 members (excludes halogenated alkanes) is 1. The first kappa shape index (κ1) is 13.2. The molecule has 0 fully saturated rings. The van der Waals surface area contributed by atoms with E-state index in [-0.39, 0.29) is 0 Å². The lowest BCUT2D eigenvalue weighted by molar-refractivity contribution is 0.940. The predicted molar refractivity (Wildman–Crippen MR) is 68.7 cm³/mol. The van der Waals surface area contributed by atoms with Gasteiger partial charge in [-0.25, -0.2) is 0 Å². The Hall–Kier alpha value is 0.237. The van der Waals surface area contributed by atoms with Gasteiger partial charge >= 0.3 is 0 Å². The Bertz CT molecular complexity index is 151. The molecule has 0 aromatic carbocycles. The van der Waals surface area contributed by atoms with Crippen molar-refractivity contribution in [3.8, 4) is 0 Å². The maximum Gasteiger partial charge on any atom is 0.108 e. The monoisotopic (exact) mass is 217 g/mol. The molecule has 0 rings (SSSR count). The van der Waals surface area contributed by atoms with Crippen LogP contribution in [0.4, 0.5) is 0 Å². The van der Waals surface area contributed by atoms with Crippen LogP contribution in [-0.4, -0.2) is 25.2 Å². The lowest BCUT2D eigenvalue weighted by Crippen LogP contribution is -2.20. The summed E-state index contributed by atoms with van der Waals surface area (Å²) in [4.78, 5) is 4.42. The van der Waals surface area contributed by atoms with Crippen molar-refractivity contribution in [2.24, 2.45) is 4.99 Å². The van der Waals surface area contributed by atoms with Gasteiger partial charge in [0, 0.05) is 11.8 Å². The van der Waals surface area contributed by atoms with E-state index in [4.69, 9.17) is 0 Å². The lowest BCUT2D eigenvalue weighted by Gasteiger charge is -2.19. The molecule has 0 aliphatic rings. The predicted octanol–water partition coefficient (Wildman–Crippen LogP) is 3.81. The molecule has 1 atom stereocenters. The van der Waals surface area contributed by atoms with Crippen LogP contribution in [0.3, 0.4) is 0 Å². The fourth-order valence-electron chi connectivity index (χ4n) is 1.08. The second-order valence-corrected chi connectivity index (χ2v) is 14.0. The van der Waals surface area contributed by atoms with Gasteiger partial charge in [0.05, 0.1) is 0 Å². The standard InChI is InChI=1S/C10H23NSSi/c1-6-7-8-11-9-10(2)12-13(3,4)5/h8,10H,6-7,9H2,1-5H3/b11-8+. The fraction of sp³-hybridized carbons (Fsp3) is 0.900. The van der Waals surface area contributed by atoms with Crippen molar-refractivity contribution in [1.82, 2.24) is 0 Å². The first-order chi connectivity index (χ1) is 5.95. The molecule has 0 saturated carbocycles. The molecule has 0 aromatic rings. The molecule has 0 aliphatic heterocycles. The second-order valence-electron chi connectivity index (χ2n) is 4.38. The van der Waals surface area contributed by atoms with E-state index in [2.05, 4.69) is 55.9 Å². The third-order valence-electron chi connectivity index (χ3n) is 1.46. The number of aliphatic imine (C=N–C) groups is 1. The van der Waals surface area contributed by atoms with Gasteiger partial charge in [-0.3, -0.25) is 4.99 Å². The quantitative estimate of drug-likeness (QED) is 0.487. The zero-order valence-electron chi connectivity index (χ0n) is 9.63. The van der Waals surface area contributed by atoms with Crippen molar-refractivity contribution in [3.63, 3.8) is 0 Å². The Morgan fingerprint density at radius 3 is 2.46 bits per heavy atom. The van der Waals surface area contributed by atoms with Gasteiger partial charge < -0.3 is 0 Å². The highest BCUT2D eigenvalue weighted by Gasteiger charge is 2.17. The van der Waals surface area contributed by atoms with Gasteiger partial charge in [0.2, 0.25) is 0 Å². The molecule has 0 heterocycles. The van der Waals surface area contributed by atoms with Crippen molar-refractivity contribution in [2.75, 3.05) is 6.54 Å². The summed E-state index contributed by atoms with van der Waals surface area (Å²) in [6.45, 7) is 12.6. The molecule has 0 aromatic heterocycles. The molecule has 0 aliphatic carbocycles. The van der Waals surface area contributed by atoms with E-state index in [1.807, 2.05) is 0 Å². The highest BCUT2D eigenvalue weighted by molar-refractivity contribution is 8.29. The van der Waals surface area contributed by atoms with Gasteiger partial charge in [-0.05, 0) is 12.6 Å². The molecule has 13 heavy (non-hydrogen) atoms. The van der Waals surface area contributed by atoms with Crippen molar-refractivity contribution in [3.05, 3.63) is 0 Å². The summed E-state index contributed by atoms with van der Waals surface area (Å²) >= 11 is 2.14. The minimum absolute atomic E-state index is 0.694. The van der Waals surface area contributed by atoms with Crippen LogP contribution in [0, 0.1) is 0 Å². The van der Waals surface area contributed by atoms with Crippen LogP contribution in [0.1, 0.15) is 26.7 Å². The molecule has 0 amide bonds. The van der Waals surface area contributed by atoms with Crippen molar-refractivity contribution < 1.29 is 0 Å². The summed E-state index contributed by atoms with van der Waals surface area (Å²) in [6.07, 6.45) is 4.41. The molecule has 1 nitrogen and oxygen atoms in total. The molecular weight excluding hydrogens is 194 g/mol. The number of hydrogen-bond donors (Lipinski definition) is 0. The maximum atomic E-state index is 4.42. The molecule has 0 saturated heterocycles. The second kappa shape index (κ2) is 6.66. The average molecular weight is 217 g/mol.